The van der Waals surface area contributed by atoms with Crippen molar-refractivity contribution in [2.45, 2.75) is 13.0 Å². The van der Waals surface area contributed by atoms with Gasteiger partial charge < -0.3 is 19.5 Å². The number of carbonyl (C=O) groups is 3. The van der Waals surface area contributed by atoms with Crippen molar-refractivity contribution in [1.29, 1.82) is 0 Å². The molecule has 94 valence electrons. The lowest BCUT2D eigenvalue weighted by molar-refractivity contribution is -0.144. The van der Waals surface area contributed by atoms with E-state index in [1.54, 1.807) is 0 Å². The highest BCUT2D eigenvalue weighted by Crippen LogP contribution is 2.04. The summed E-state index contributed by atoms with van der Waals surface area (Å²) in [6.45, 7) is 4.68. The molecule has 7 heteroatoms. The van der Waals surface area contributed by atoms with E-state index >= 15 is 0 Å². The Hall–Kier alpha value is -2.05. The third kappa shape index (κ3) is 4.54. The largest absolute Gasteiger partial charge is 0.508 e. The predicted molar refractivity (Wildman–Crippen MR) is 55.0 cm³/mol. The fraction of sp³-hybridized carbons (Fsp3) is 0.500. The summed E-state index contributed by atoms with van der Waals surface area (Å²) in [7, 11) is 0. The van der Waals surface area contributed by atoms with Crippen LogP contribution in [0.5, 0.6) is 0 Å². The van der Waals surface area contributed by atoms with E-state index in [0.29, 0.717) is 0 Å². The minimum absolute atomic E-state index is 0.102. The Morgan fingerprint density at radius 1 is 1.59 bits per heavy atom. The highest BCUT2D eigenvalue weighted by Gasteiger charge is 2.25. The number of ether oxygens (including phenoxy) is 3. The molecule has 0 aliphatic carbocycles. The summed E-state index contributed by atoms with van der Waals surface area (Å²) < 4.78 is 13.8. The quantitative estimate of drug-likeness (QED) is 0.529. The Labute approximate surface area is 97.7 Å². The topological polar surface area (TPSA) is 90.9 Å². The van der Waals surface area contributed by atoms with Crippen molar-refractivity contribution in [2.24, 2.45) is 0 Å². The third-order valence-electron chi connectivity index (χ3n) is 1.86. The fourth-order valence-electron chi connectivity index (χ4n) is 0.999. The Morgan fingerprint density at radius 2 is 2.29 bits per heavy atom. The molecule has 0 aromatic carbocycles. The van der Waals surface area contributed by atoms with Gasteiger partial charge in [0.1, 0.15) is 6.61 Å². The van der Waals surface area contributed by atoms with E-state index in [9.17, 15) is 14.4 Å². The van der Waals surface area contributed by atoms with Crippen molar-refractivity contribution < 1.29 is 28.6 Å². The molecule has 0 bridgehead atoms. The molecule has 1 atom stereocenters. The lowest BCUT2D eigenvalue weighted by atomic mass is 10.3. The Kier molecular flexibility index (Phi) is 4.50. The highest BCUT2D eigenvalue weighted by molar-refractivity contribution is 5.89. The van der Waals surface area contributed by atoms with Gasteiger partial charge in [0.05, 0.1) is 6.54 Å². The summed E-state index contributed by atoms with van der Waals surface area (Å²) in [6, 6.07) is 0. The normalized spacial score (nSPS) is 17.9. The van der Waals surface area contributed by atoms with Crippen LogP contribution < -0.4 is 5.32 Å². The molecular formula is C10H13NO6. The maximum absolute atomic E-state index is 11.2. The molecule has 7 nitrogen and oxygen atoms in total. The number of cyclic esters (lactones) is 2. The summed E-state index contributed by atoms with van der Waals surface area (Å²) in [5.41, 5.74) is 0.218. The van der Waals surface area contributed by atoms with Crippen LogP contribution in [0, 0.1) is 0 Å². The van der Waals surface area contributed by atoms with Crippen LogP contribution in [-0.2, 0) is 23.8 Å². The monoisotopic (exact) mass is 243 g/mol. The van der Waals surface area contributed by atoms with Gasteiger partial charge in [0, 0.05) is 5.57 Å². The number of carbonyl (C=O) groups excluding carboxylic acids is 3. The standard InChI is InChI=1S/C10H13NO6/c1-6(2)9(13)15-5-8(12)11-3-7-4-16-10(14)17-7/h7H,1,3-5H2,2H3,(H,11,12). The van der Waals surface area contributed by atoms with Gasteiger partial charge in [-0.05, 0) is 6.92 Å². The summed E-state index contributed by atoms with van der Waals surface area (Å²) in [5, 5.41) is 2.44. The number of rotatable bonds is 5. The first kappa shape index (κ1) is 13.0. The molecule has 0 radical (unpaired) electrons. The van der Waals surface area contributed by atoms with Gasteiger partial charge in [-0.1, -0.05) is 6.58 Å². The second-order valence-corrected chi connectivity index (χ2v) is 3.46. The molecular weight excluding hydrogens is 230 g/mol. The lowest BCUT2D eigenvalue weighted by Crippen LogP contribution is -2.36. The van der Waals surface area contributed by atoms with Crippen LogP contribution in [0.25, 0.3) is 0 Å². The Balaban J connectivity index is 2.15. The average Bonchev–Trinajstić information content (AvgIpc) is 2.69. The SMILES string of the molecule is C=C(C)C(=O)OCC(=O)NCC1COC(=O)O1. The molecule has 1 unspecified atom stereocenters. The highest BCUT2D eigenvalue weighted by atomic mass is 16.8. The van der Waals surface area contributed by atoms with Crippen molar-refractivity contribution in [3.05, 3.63) is 12.2 Å². The van der Waals surface area contributed by atoms with Gasteiger partial charge in [-0.25, -0.2) is 9.59 Å². The molecule has 1 fully saturated rings. The Morgan fingerprint density at radius 3 is 2.82 bits per heavy atom. The lowest BCUT2D eigenvalue weighted by Gasteiger charge is -2.08. The van der Waals surface area contributed by atoms with Crippen LogP contribution in [0.2, 0.25) is 0 Å². The third-order valence-corrected chi connectivity index (χ3v) is 1.86. The van der Waals surface area contributed by atoms with Crippen molar-refractivity contribution in [2.75, 3.05) is 19.8 Å². The van der Waals surface area contributed by atoms with Crippen LogP contribution in [0.15, 0.2) is 12.2 Å². The van der Waals surface area contributed by atoms with Crippen molar-refractivity contribution in [3.8, 4) is 0 Å². The van der Waals surface area contributed by atoms with Gasteiger partial charge in [0.2, 0.25) is 0 Å². The molecule has 1 N–H and O–H groups in total. The van der Waals surface area contributed by atoms with Crippen LogP contribution in [0.4, 0.5) is 4.79 Å². The molecule has 17 heavy (non-hydrogen) atoms. The van der Waals surface area contributed by atoms with E-state index in [1.165, 1.54) is 6.92 Å². The summed E-state index contributed by atoms with van der Waals surface area (Å²) in [6.07, 6.45) is -1.25. The smallest absolute Gasteiger partial charge is 0.452 e. The molecule has 0 aromatic rings. The first-order valence-electron chi connectivity index (χ1n) is 4.91. The van der Waals surface area contributed by atoms with E-state index in [4.69, 9.17) is 0 Å². The van der Waals surface area contributed by atoms with E-state index in [-0.39, 0.29) is 18.7 Å². The summed E-state index contributed by atoms with van der Waals surface area (Å²) in [5.74, 6) is -1.11. The molecule has 1 rings (SSSR count). The fourth-order valence-corrected chi connectivity index (χ4v) is 0.999. The minimum atomic E-state index is -0.752. The first-order chi connectivity index (χ1) is 7.99. The van der Waals surface area contributed by atoms with E-state index in [1.807, 2.05) is 0 Å². The molecule has 0 spiro atoms. The van der Waals surface area contributed by atoms with Crippen molar-refractivity contribution in [1.82, 2.24) is 5.32 Å². The van der Waals surface area contributed by atoms with Gasteiger partial charge in [-0.2, -0.15) is 0 Å². The maximum Gasteiger partial charge on any atom is 0.508 e. The summed E-state index contributed by atoms with van der Waals surface area (Å²) >= 11 is 0. The van der Waals surface area contributed by atoms with Crippen LogP contribution in [0.1, 0.15) is 6.92 Å². The molecule has 0 saturated carbocycles. The number of nitrogens with one attached hydrogen (secondary N) is 1. The molecule has 1 amide bonds. The zero-order valence-electron chi connectivity index (χ0n) is 9.36. The number of amides is 1. The Bertz CT molecular complexity index is 351. The molecule has 1 saturated heterocycles. The van der Waals surface area contributed by atoms with Gasteiger partial charge in [-0.3, -0.25) is 4.79 Å². The van der Waals surface area contributed by atoms with E-state index in [2.05, 4.69) is 26.1 Å². The molecule has 1 aliphatic rings. The van der Waals surface area contributed by atoms with E-state index < -0.39 is 30.7 Å². The van der Waals surface area contributed by atoms with Gasteiger partial charge in [0.25, 0.3) is 5.91 Å². The number of esters is 1. The number of hydrogen-bond donors (Lipinski definition) is 1. The first-order valence-corrected chi connectivity index (χ1v) is 4.91. The second kappa shape index (κ2) is 5.88. The van der Waals surface area contributed by atoms with Crippen molar-refractivity contribution >= 4 is 18.0 Å². The minimum Gasteiger partial charge on any atom is -0.452 e. The molecule has 1 heterocycles. The average molecular weight is 243 g/mol. The van der Waals surface area contributed by atoms with Gasteiger partial charge >= 0.3 is 12.1 Å². The zero-order chi connectivity index (χ0) is 12.8. The number of hydrogen-bond acceptors (Lipinski definition) is 6. The molecule has 1 aliphatic heterocycles. The predicted octanol–water partition coefficient (Wildman–Crippen LogP) is -0.243. The van der Waals surface area contributed by atoms with Gasteiger partial charge in [0.15, 0.2) is 12.7 Å². The zero-order valence-corrected chi connectivity index (χ0v) is 9.36. The maximum atomic E-state index is 11.2. The van der Waals surface area contributed by atoms with Gasteiger partial charge in [-0.15, -0.1) is 0 Å². The van der Waals surface area contributed by atoms with Crippen LogP contribution in [0.3, 0.4) is 0 Å². The van der Waals surface area contributed by atoms with Crippen molar-refractivity contribution in [3.63, 3.8) is 0 Å². The van der Waals surface area contributed by atoms with Crippen LogP contribution in [-0.4, -0.2) is 43.9 Å². The second-order valence-electron chi connectivity index (χ2n) is 3.46. The van der Waals surface area contributed by atoms with Crippen LogP contribution >= 0.6 is 0 Å². The summed E-state index contributed by atoms with van der Waals surface area (Å²) in [4.78, 5) is 32.7. The molecule has 0 aromatic heterocycles. The van der Waals surface area contributed by atoms with E-state index in [0.717, 1.165) is 0 Å².